The van der Waals surface area contributed by atoms with Crippen molar-refractivity contribution in [2.24, 2.45) is 5.73 Å². The summed E-state index contributed by atoms with van der Waals surface area (Å²) in [5, 5.41) is 8.83. The Morgan fingerprint density at radius 3 is 2.94 bits per heavy atom. The minimum absolute atomic E-state index is 0.582. The Kier molecular flexibility index (Phi) is 3.22. The molecule has 0 aliphatic rings. The number of nitrogens with zero attached hydrogens (tertiary/aromatic N) is 3. The van der Waals surface area contributed by atoms with E-state index in [9.17, 15) is 0 Å². The van der Waals surface area contributed by atoms with Crippen LogP contribution in [0.5, 0.6) is 0 Å². The molecule has 5 heteroatoms. The highest BCUT2D eigenvalue weighted by Crippen LogP contribution is 2.18. The zero-order chi connectivity index (χ0) is 11.5. The molecule has 2 rings (SSSR count). The first-order valence-electron chi connectivity index (χ1n) is 5.08. The van der Waals surface area contributed by atoms with Crippen molar-refractivity contribution in [2.45, 2.75) is 13.3 Å². The van der Waals surface area contributed by atoms with E-state index in [4.69, 9.17) is 17.3 Å². The van der Waals surface area contributed by atoms with Gasteiger partial charge in [0.25, 0.3) is 0 Å². The third-order valence-electron chi connectivity index (χ3n) is 2.35. The third-order valence-corrected chi connectivity index (χ3v) is 2.58. The molecule has 0 saturated heterocycles. The van der Waals surface area contributed by atoms with Gasteiger partial charge in [0.2, 0.25) is 0 Å². The van der Waals surface area contributed by atoms with Crippen molar-refractivity contribution in [2.75, 3.05) is 6.54 Å². The van der Waals surface area contributed by atoms with Gasteiger partial charge in [0, 0.05) is 11.4 Å². The maximum absolute atomic E-state index is 5.90. The van der Waals surface area contributed by atoms with E-state index in [0.29, 0.717) is 6.54 Å². The summed E-state index contributed by atoms with van der Waals surface area (Å²) in [5.41, 5.74) is 8.42. The average Bonchev–Trinajstić information content (AvgIpc) is 2.67. The molecule has 4 nitrogen and oxygen atoms in total. The van der Waals surface area contributed by atoms with Crippen LogP contribution in [0.4, 0.5) is 0 Å². The first kappa shape index (κ1) is 11.1. The first-order valence-corrected chi connectivity index (χ1v) is 5.46. The number of benzene rings is 1. The van der Waals surface area contributed by atoms with Gasteiger partial charge >= 0.3 is 0 Å². The van der Waals surface area contributed by atoms with Crippen molar-refractivity contribution >= 4 is 11.6 Å². The fourth-order valence-corrected chi connectivity index (χ4v) is 1.78. The molecular weight excluding hydrogens is 224 g/mol. The highest BCUT2D eigenvalue weighted by molar-refractivity contribution is 6.30. The molecule has 16 heavy (non-hydrogen) atoms. The summed E-state index contributed by atoms with van der Waals surface area (Å²) in [6, 6.07) is 5.67. The van der Waals surface area contributed by atoms with E-state index < -0.39 is 0 Å². The normalized spacial score (nSPS) is 10.7. The summed E-state index contributed by atoms with van der Waals surface area (Å²) >= 11 is 5.90. The Morgan fingerprint density at radius 1 is 1.44 bits per heavy atom. The van der Waals surface area contributed by atoms with Crippen molar-refractivity contribution in [3.8, 4) is 5.69 Å². The lowest BCUT2D eigenvalue weighted by Gasteiger charge is -2.04. The van der Waals surface area contributed by atoms with E-state index in [0.717, 1.165) is 28.4 Å². The minimum Gasteiger partial charge on any atom is -0.330 e. The fraction of sp³-hybridized carbons (Fsp3) is 0.273. The van der Waals surface area contributed by atoms with Gasteiger partial charge in [0.1, 0.15) is 0 Å². The van der Waals surface area contributed by atoms with Crippen LogP contribution < -0.4 is 5.73 Å². The van der Waals surface area contributed by atoms with Crippen LogP contribution in [0, 0.1) is 6.92 Å². The number of halogens is 1. The maximum atomic E-state index is 5.90. The SMILES string of the molecule is Cc1cc(Cl)ccc1-n1cc(CCN)nn1. The second kappa shape index (κ2) is 4.63. The van der Waals surface area contributed by atoms with Gasteiger partial charge in [-0.2, -0.15) is 0 Å². The largest absolute Gasteiger partial charge is 0.330 e. The summed E-state index contributed by atoms with van der Waals surface area (Å²) in [6.07, 6.45) is 2.63. The highest BCUT2D eigenvalue weighted by Gasteiger charge is 2.05. The van der Waals surface area contributed by atoms with Gasteiger partial charge in [-0.3, -0.25) is 0 Å². The number of hydrogen-bond acceptors (Lipinski definition) is 3. The molecule has 2 aromatic rings. The van der Waals surface area contributed by atoms with Crippen molar-refractivity contribution in [3.63, 3.8) is 0 Å². The molecule has 0 amide bonds. The molecule has 0 radical (unpaired) electrons. The number of aromatic nitrogens is 3. The van der Waals surface area contributed by atoms with Crippen LogP contribution in [0.25, 0.3) is 5.69 Å². The van der Waals surface area contributed by atoms with Gasteiger partial charge < -0.3 is 5.73 Å². The van der Waals surface area contributed by atoms with E-state index >= 15 is 0 Å². The summed E-state index contributed by atoms with van der Waals surface area (Å²) in [4.78, 5) is 0. The fourth-order valence-electron chi connectivity index (χ4n) is 1.55. The summed E-state index contributed by atoms with van der Waals surface area (Å²) < 4.78 is 1.75. The molecule has 1 aromatic heterocycles. The lowest BCUT2D eigenvalue weighted by Crippen LogP contribution is -2.02. The Balaban J connectivity index is 2.35. The maximum Gasteiger partial charge on any atom is 0.0844 e. The van der Waals surface area contributed by atoms with Crippen LogP contribution in [0.3, 0.4) is 0 Å². The van der Waals surface area contributed by atoms with E-state index in [-0.39, 0.29) is 0 Å². The zero-order valence-electron chi connectivity index (χ0n) is 9.02. The van der Waals surface area contributed by atoms with Crippen LogP contribution in [0.15, 0.2) is 24.4 Å². The molecule has 0 atom stereocenters. The van der Waals surface area contributed by atoms with Crippen LogP contribution >= 0.6 is 11.6 Å². The molecule has 0 spiro atoms. The Hall–Kier alpha value is -1.39. The number of nitrogens with two attached hydrogens (primary N) is 1. The molecule has 84 valence electrons. The van der Waals surface area contributed by atoms with E-state index in [1.807, 2.05) is 31.3 Å². The minimum atomic E-state index is 0.582. The molecule has 0 bridgehead atoms. The Morgan fingerprint density at radius 2 is 2.25 bits per heavy atom. The Labute approximate surface area is 99.0 Å². The van der Waals surface area contributed by atoms with Crippen LogP contribution in [0.2, 0.25) is 5.02 Å². The standard InChI is InChI=1S/C11H13ClN4/c1-8-6-9(12)2-3-11(8)16-7-10(4-5-13)14-15-16/h2-3,6-7H,4-5,13H2,1H3. The smallest absolute Gasteiger partial charge is 0.0844 e. The van der Waals surface area contributed by atoms with E-state index in [2.05, 4.69) is 10.3 Å². The highest BCUT2D eigenvalue weighted by atomic mass is 35.5. The topological polar surface area (TPSA) is 56.7 Å². The Bertz CT molecular complexity index is 492. The molecule has 0 aliphatic carbocycles. The number of hydrogen-bond donors (Lipinski definition) is 1. The monoisotopic (exact) mass is 236 g/mol. The average molecular weight is 237 g/mol. The van der Waals surface area contributed by atoms with Gasteiger partial charge in [-0.15, -0.1) is 5.10 Å². The van der Waals surface area contributed by atoms with Crippen LogP contribution in [0.1, 0.15) is 11.3 Å². The lowest BCUT2D eigenvalue weighted by atomic mass is 10.2. The summed E-state index contributed by atoms with van der Waals surface area (Å²) in [6.45, 7) is 2.57. The number of rotatable bonds is 3. The first-order chi connectivity index (χ1) is 7.70. The second-order valence-corrected chi connectivity index (χ2v) is 4.06. The molecule has 1 heterocycles. The summed E-state index contributed by atoms with van der Waals surface area (Å²) in [5.74, 6) is 0. The van der Waals surface area contributed by atoms with Crippen molar-refractivity contribution in [1.29, 1.82) is 0 Å². The van der Waals surface area contributed by atoms with Crippen molar-refractivity contribution in [1.82, 2.24) is 15.0 Å². The van der Waals surface area contributed by atoms with Crippen LogP contribution in [-0.2, 0) is 6.42 Å². The predicted molar refractivity (Wildman–Crippen MR) is 63.9 cm³/mol. The molecule has 0 fully saturated rings. The van der Waals surface area contributed by atoms with Crippen molar-refractivity contribution in [3.05, 3.63) is 40.7 Å². The molecule has 0 unspecified atom stereocenters. The van der Waals surface area contributed by atoms with Crippen LogP contribution in [-0.4, -0.2) is 21.5 Å². The van der Waals surface area contributed by atoms with Crippen molar-refractivity contribution < 1.29 is 0 Å². The molecule has 1 aromatic carbocycles. The van der Waals surface area contributed by atoms with E-state index in [1.165, 1.54) is 0 Å². The van der Waals surface area contributed by atoms with Gasteiger partial charge in [-0.1, -0.05) is 16.8 Å². The van der Waals surface area contributed by atoms with Gasteiger partial charge in [-0.05, 0) is 37.2 Å². The van der Waals surface area contributed by atoms with Gasteiger partial charge in [0.15, 0.2) is 0 Å². The van der Waals surface area contributed by atoms with Gasteiger partial charge in [0.05, 0.1) is 17.6 Å². The summed E-state index contributed by atoms with van der Waals surface area (Å²) in [7, 11) is 0. The molecule has 0 aliphatic heterocycles. The second-order valence-electron chi connectivity index (χ2n) is 3.62. The molecular formula is C11H13ClN4. The number of aryl methyl sites for hydroxylation is 1. The molecule has 2 N–H and O–H groups in total. The predicted octanol–water partition coefficient (Wildman–Crippen LogP) is 1.73. The van der Waals surface area contributed by atoms with E-state index in [1.54, 1.807) is 4.68 Å². The third kappa shape index (κ3) is 2.23. The molecule has 0 saturated carbocycles. The zero-order valence-corrected chi connectivity index (χ0v) is 9.78. The quantitative estimate of drug-likeness (QED) is 0.883. The van der Waals surface area contributed by atoms with Gasteiger partial charge in [-0.25, -0.2) is 4.68 Å². The lowest BCUT2D eigenvalue weighted by molar-refractivity contribution is 0.791.